The molecular weight excluding hydrogens is 363 g/mol. The predicted molar refractivity (Wildman–Crippen MR) is 82.9 cm³/mol. The van der Waals surface area contributed by atoms with Crippen LogP contribution < -0.4 is 4.74 Å². The van der Waals surface area contributed by atoms with Crippen LogP contribution in [0.4, 0.5) is 0 Å². The van der Waals surface area contributed by atoms with Gasteiger partial charge in [-0.1, -0.05) is 29.3 Å². The number of carbonyl (C=O) groups is 1. The van der Waals surface area contributed by atoms with Crippen LogP contribution >= 0.6 is 39.1 Å². The zero-order valence-electron chi connectivity index (χ0n) is 10.2. The molecule has 5 heteroatoms. The summed E-state index contributed by atoms with van der Waals surface area (Å²) in [5.74, 6) is 0.603. The summed E-state index contributed by atoms with van der Waals surface area (Å²) < 4.78 is 6.68. The number of halogens is 3. The lowest BCUT2D eigenvalue weighted by Gasteiger charge is -2.25. The number of fused-ring (bicyclic) bond motifs is 1. The van der Waals surface area contributed by atoms with Crippen molar-refractivity contribution in [1.82, 2.24) is 0 Å². The van der Waals surface area contributed by atoms with Crippen molar-refractivity contribution in [1.29, 1.82) is 0 Å². The quantitative estimate of drug-likeness (QED) is 0.665. The molecule has 1 aliphatic heterocycles. The third kappa shape index (κ3) is 2.58. The molecule has 2 aromatic carbocycles. The van der Waals surface area contributed by atoms with Crippen molar-refractivity contribution in [3.05, 3.63) is 62.0 Å². The van der Waals surface area contributed by atoms with Gasteiger partial charge in [-0.3, -0.25) is 4.79 Å². The normalized spacial score (nSPS) is 17.6. The second kappa shape index (κ2) is 5.40. The number of Topliss-reactive ketones (excluding diaryl/α,β-unsaturated/α-hetero) is 1. The van der Waals surface area contributed by atoms with Crippen molar-refractivity contribution < 1.29 is 9.53 Å². The summed E-state index contributed by atoms with van der Waals surface area (Å²) in [5, 5.41) is 1.16. The van der Waals surface area contributed by atoms with E-state index >= 15 is 0 Å². The smallest absolute Gasteiger partial charge is 0.170 e. The van der Waals surface area contributed by atoms with Crippen LogP contribution in [0.5, 0.6) is 5.75 Å². The molecule has 0 amide bonds. The molecule has 0 radical (unpaired) electrons. The minimum absolute atomic E-state index is 0.0322. The van der Waals surface area contributed by atoms with Crippen molar-refractivity contribution in [2.75, 3.05) is 0 Å². The first-order chi connectivity index (χ1) is 9.54. The fourth-order valence-electron chi connectivity index (χ4n) is 2.19. The maximum Gasteiger partial charge on any atom is 0.170 e. The van der Waals surface area contributed by atoms with Gasteiger partial charge in [0.1, 0.15) is 11.9 Å². The molecule has 1 atom stereocenters. The molecular formula is C15H9BrCl2O2. The van der Waals surface area contributed by atoms with Crippen molar-refractivity contribution in [2.45, 2.75) is 12.5 Å². The lowest BCUT2D eigenvalue weighted by Crippen LogP contribution is -2.20. The highest BCUT2D eigenvalue weighted by atomic mass is 79.9. The van der Waals surface area contributed by atoms with E-state index in [1.807, 2.05) is 12.1 Å². The molecule has 20 heavy (non-hydrogen) atoms. The van der Waals surface area contributed by atoms with Crippen molar-refractivity contribution >= 4 is 44.9 Å². The number of hydrogen-bond acceptors (Lipinski definition) is 2. The molecule has 1 unspecified atom stereocenters. The Kier molecular flexibility index (Phi) is 3.76. The molecule has 0 bridgehead atoms. The van der Waals surface area contributed by atoms with Gasteiger partial charge in [0.2, 0.25) is 0 Å². The van der Waals surface area contributed by atoms with Gasteiger partial charge in [0.25, 0.3) is 0 Å². The van der Waals surface area contributed by atoms with Crippen LogP contribution in [0.2, 0.25) is 10.0 Å². The Morgan fingerprint density at radius 3 is 2.70 bits per heavy atom. The second-order valence-corrected chi connectivity index (χ2v) is 6.25. The van der Waals surface area contributed by atoms with E-state index in [9.17, 15) is 4.79 Å². The minimum Gasteiger partial charge on any atom is -0.484 e. The van der Waals surface area contributed by atoms with Gasteiger partial charge in [-0.25, -0.2) is 0 Å². The highest BCUT2D eigenvalue weighted by Crippen LogP contribution is 2.37. The molecule has 1 heterocycles. The van der Waals surface area contributed by atoms with E-state index in [0.29, 0.717) is 27.8 Å². The van der Waals surface area contributed by atoms with E-state index in [-0.39, 0.29) is 11.9 Å². The average molecular weight is 372 g/mol. The van der Waals surface area contributed by atoms with Gasteiger partial charge in [-0.15, -0.1) is 0 Å². The standard InChI is InChI=1S/C15H9BrCl2O2/c16-11-5-8(1-3-12(11)18)15-7-13(19)10-6-9(17)2-4-14(10)20-15/h1-6,15H,7H2. The van der Waals surface area contributed by atoms with Crippen LogP contribution in [0.15, 0.2) is 40.9 Å². The Hall–Kier alpha value is -1.03. The number of hydrogen-bond donors (Lipinski definition) is 0. The van der Waals surface area contributed by atoms with Gasteiger partial charge in [-0.05, 0) is 51.8 Å². The predicted octanol–water partition coefficient (Wildman–Crippen LogP) is 5.46. The molecule has 0 saturated carbocycles. The summed E-state index contributed by atoms with van der Waals surface area (Å²) in [7, 11) is 0. The Morgan fingerprint density at radius 2 is 1.95 bits per heavy atom. The van der Waals surface area contributed by atoms with E-state index < -0.39 is 0 Å². The number of ketones is 1. The minimum atomic E-state index is -0.301. The molecule has 0 saturated heterocycles. The average Bonchev–Trinajstić information content (AvgIpc) is 2.42. The van der Waals surface area contributed by atoms with E-state index in [1.54, 1.807) is 24.3 Å². The van der Waals surface area contributed by atoms with Gasteiger partial charge in [-0.2, -0.15) is 0 Å². The Bertz CT molecular complexity index is 700. The molecule has 102 valence electrons. The third-order valence-electron chi connectivity index (χ3n) is 3.20. The van der Waals surface area contributed by atoms with Crippen LogP contribution in [-0.4, -0.2) is 5.78 Å². The Morgan fingerprint density at radius 1 is 1.15 bits per heavy atom. The molecule has 1 aliphatic rings. The second-order valence-electron chi connectivity index (χ2n) is 4.55. The Labute approximate surface area is 134 Å². The lowest BCUT2D eigenvalue weighted by atomic mass is 9.96. The fourth-order valence-corrected chi connectivity index (χ4v) is 2.88. The third-order valence-corrected chi connectivity index (χ3v) is 4.65. The summed E-state index contributed by atoms with van der Waals surface area (Å²) in [4.78, 5) is 12.2. The summed E-state index contributed by atoms with van der Waals surface area (Å²) >= 11 is 15.3. The van der Waals surface area contributed by atoms with Crippen LogP contribution in [-0.2, 0) is 0 Å². The van der Waals surface area contributed by atoms with E-state index in [2.05, 4.69) is 15.9 Å². The van der Waals surface area contributed by atoms with E-state index in [1.165, 1.54) is 0 Å². The van der Waals surface area contributed by atoms with Gasteiger partial charge < -0.3 is 4.74 Å². The van der Waals surface area contributed by atoms with Crippen LogP contribution in [0.1, 0.15) is 28.4 Å². The number of ether oxygens (including phenoxy) is 1. The van der Waals surface area contributed by atoms with Crippen LogP contribution in [0, 0.1) is 0 Å². The zero-order valence-corrected chi connectivity index (χ0v) is 13.3. The maximum atomic E-state index is 12.2. The first-order valence-electron chi connectivity index (χ1n) is 5.99. The topological polar surface area (TPSA) is 26.3 Å². The SMILES string of the molecule is O=C1CC(c2ccc(Cl)c(Br)c2)Oc2ccc(Cl)cc21. The maximum absolute atomic E-state index is 12.2. The monoisotopic (exact) mass is 370 g/mol. The highest BCUT2D eigenvalue weighted by Gasteiger charge is 2.28. The lowest BCUT2D eigenvalue weighted by molar-refractivity contribution is 0.0850. The van der Waals surface area contributed by atoms with E-state index in [0.717, 1.165) is 10.0 Å². The van der Waals surface area contributed by atoms with Crippen molar-refractivity contribution in [2.24, 2.45) is 0 Å². The molecule has 0 aromatic heterocycles. The number of carbonyl (C=O) groups excluding carboxylic acids is 1. The molecule has 0 aliphatic carbocycles. The molecule has 2 nitrogen and oxygen atoms in total. The molecule has 0 fully saturated rings. The fraction of sp³-hybridized carbons (Fsp3) is 0.133. The molecule has 3 rings (SSSR count). The van der Waals surface area contributed by atoms with Crippen molar-refractivity contribution in [3.8, 4) is 5.75 Å². The molecule has 0 spiro atoms. The summed E-state index contributed by atoms with van der Waals surface area (Å²) in [6.07, 6.45) is -0.00809. The first kappa shape index (κ1) is 13.9. The molecule has 2 aromatic rings. The van der Waals surface area contributed by atoms with Gasteiger partial charge >= 0.3 is 0 Å². The summed E-state index contributed by atoms with van der Waals surface area (Å²) in [6, 6.07) is 10.6. The number of rotatable bonds is 1. The largest absolute Gasteiger partial charge is 0.484 e. The van der Waals surface area contributed by atoms with Gasteiger partial charge in [0.15, 0.2) is 5.78 Å². The van der Waals surface area contributed by atoms with Gasteiger partial charge in [0.05, 0.1) is 17.0 Å². The summed E-state index contributed by atoms with van der Waals surface area (Å²) in [6.45, 7) is 0. The van der Waals surface area contributed by atoms with E-state index in [4.69, 9.17) is 27.9 Å². The summed E-state index contributed by atoms with van der Waals surface area (Å²) in [5.41, 5.74) is 1.46. The number of benzene rings is 2. The van der Waals surface area contributed by atoms with Crippen LogP contribution in [0.3, 0.4) is 0 Å². The zero-order chi connectivity index (χ0) is 14.3. The first-order valence-corrected chi connectivity index (χ1v) is 7.54. The van der Waals surface area contributed by atoms with Gasteiger partial charge in [0, 0.05) is 9.50 Å². The Balaban J connectivity index is 1.97. The van der Waals surface area contributed by atoms with Crippen molar-refractivity contribution in [3.63, 3.8) is 0 Å². The van der Waals surface area contributed by atoms with Crippen LogP contribution in [0.25, 0.3) is 0 Å². The highest BCUT2D eigenvalue weighted by molar-refractivity contribution is 9.10. The molecule has 0 N–H and O–H groups in total.